The molecule has 2 aliphatic heterocycles. The first-order chi connectivity index (χ1) is 7.40. The largest absolute Gasteiger partial charge is 0.309 e. The van der Waals surface area contributed by atoms with Crippen molar-refractivity contribution in [1.29, 1.82) is 0 Å². The molecule has 2 unspecified atom stereocenters. The number of piperidine rings is 1. The van der Waals surface area contributed by atoms with Crippen LogP contribution >= 0.6 is 23.7 Å². The Morgan fingerprint density at radius 2 is 2.12 bits per heavy atom. The van der Waals surface area contributed by atoms with Crippen molar-refractivity contribution in [3.63, 3.8) is 0 Å². The van der Waals surface area contributed by atoms with Gasteiger partial charge in [0.25, 0.3) is 0 Å². The Bertz CT molecular complexity index is 305. The smallest absolute Gasteiger partial charge is 0.0794 e. The van der Waals surface area contributed by atoms with Gasteiger partial charge in [-0.3, -0.25) is 9.88 Å². The number of halogens is 1. The minimum atomic E-state index is 0. The van der Waals surface area contributed by atoms with Gasteiger partial charge >= 0.3 is 0 Å². The molecule has 2 bridgehead atoms. The highest BCUT2D eigenvalue weighted by Gasteiger charge is 2.29. The van der Waals surface area contributed by atoms with Crippen molar-refractivity contribution in [2.75, 3.05) is 13.1 Å². The first-order valence-electron chi connectivity index (χ1n) is 5.76. The molecule has 0 aromatic carbocycles. The Kier molecular flexibility index (Phi) is 4.19. The van der Waals surface area contributed by atoms with Crippen molar-refractivity contribution < 1.29 is 0 Å². The highest BCUT2D eigenvalue weighted by atomic mass is 35.5. The summed E-state index contributed by atoms with van der Waals surface area (Å²) >= 11 is 1.77. The fourth-order valence-electron chi connectivity index (χ4n) is 2.77. The number of hydrogen-bond donors (Lipinski definition) is 1. The Morgan fingerprint density at radius 1 is 1.38 bits per heavy atom. The zero-order chi connectivity index (χ0) is 10.1. The average molecular weight is 260 g/mol. The van der Waals surface area contributed by atoms with Gasteiger partial charge < -0.3 is 5.32 Å². The molecule has 3 heterocycles. The standard InChI is InChI=1S/C11H17N3S.ClH/c1-2-9-5-14(6-10(3-1)13-9)7-11-4-12-8-15-11;/h4,8-10,13H,1-3,5-7H2;1H. The monoisotopic (exact) mass is 259 g/mol. The molecule has 1 aromatic heterocycles. The number of thiazole rings is 1. The number of hydrogen-bond acceptors (Lipinski definition) is 4. The zero-order valence-corrected chi connectivity index (χ0v) is 10.9. The molecule has 2 aliphatic rings. The normalized spacial score (nSPS) is 29.8. The van der Waals surface area contributed by atoms with Gasteiger partial charge in [-0.2, -0.15) is 0 Å². The van der Waals surface area contributed by atoms with Crippen LogP contribution in [-0.2, 0) is 6.54 Å². The van der Waals surface area contributed by atoms with Crippen LogP contribution in [0.3, 0.4) is 0 Å². The summed E-state index contributed by atoms with van der Waals surface area (Å²) in [5.74, 6) is 0. The van der Waals surface area contributed by atoms with E-state index in [1.54, 1.807) is 11.3 Å². The molecule has 3 rings (SSSR count). The number of nitrogens with zero attached hydrogens (tertiary/aromatic N) is 2. The number of piperazine rings is 1. The van der Waals surface area contributed by atoms with E-state index in [1.165, 1.54) is 37.2 Å². The molecule has 0 aliphatic carbocycles. The molecule has 0 radical (unpaired) electrons. The van der Waals surface area contributed by atoms with E-state index < -0.39 is 0 Å². The van der Waals surface area contributed by atoms with Crippen molar-refractivity contribution in [2.24, 2.45) is 0 Å². The van der Waals surface area contributed by atoms with Crippen LogP contribution in [0.15, 0.2) is 11.7 Å². The minimum Gasteiger partial charge on any atom is -0.309 e. The Hall–Kier alpha value is -0.160. The van der Waals surface area contributed by atoms with Gasteiger partial charge in [-0.05, 0) is 12.8 Å². The maximum Gasteiger partial charge on any atom is 0.0794 e. The minimum absolute atomic E-state index is 0. The van der Waals surface area contributed by atoms with E-state index in [2.05, 4.69) is 15.2 Å². The number of likely N-dealkylation sites (tertiary alicyclic amines) is 1. The van der Waals surface area contributed by atoms with E-state index in [0.717, 1.165) is 18.6 Å². The van der Waals surface area contributed by atoms with E-state index in [4.69, 9.17) is 0 Å². The van der Waals surface area contributed by atoms with Crippen molar-refractivity contribution in [3.05, 3.63) is 16.6 Å². The van der Waals surface area contributed by atoms with Crippen molar-refractivity contribution in [3.8, 4) is 0 Å². The quantitative estimate of drug-likeness (QED) is 0.879. The van der Waals surface area contributed by atoms with Gasteiger partial charge in [0.1, 0.15) is 0 Å². The molecule has 0 saturated carbocycles. The molecule has 16 heavy (non-hydrogen) atoms. The summed E-state index contributed by atoms with van der Waals surface area (Å²) in [5.41, 5.74) is 1.93. The summed E-state index contributed by atoms with van der Waals surface area (Å²) in [6.45, 7) is 3.53. The lowest BCUT2D eigenvalue weighted by molar-refractivity contribution is 0.120. The topological polar surface area (TPSA) is 28.2 Å². The Labute approximate surface area is 107 Å². The zero-order valence-electron chi connectivity index (χ0n) is 9.26. The van der Waals surface area contributed by atoms with Crippen LogP contribution < -0.4 is 5.32 Å². The SMILES string of the molecule is Cl.c1ncc(CN2CC3CCCC(C2)N3)s1. The molecule has 1 N–H and O–H groups in total. The van der Waals surface area contributed by atoms with E-state index >= 15 is 0 Å². The lowest BCUT2D eigenvalue weighted by Gasteiger charge is -2.42. The van der Waals surface area contributed by atoms with E-state index in [-0.39, 0.29) is 12.4 Å². The summed E-state index contributed by atoms with van der Waals surface area (Å²) in [7, 11) is 0. The van der Waals surface area contributed by atoms with Crippen LogP contribution in [0.5, 0.6) is 0 Å². The van der Waals surface area contributed by atoms with Crippen LogP contribution in [0.4, 0.5) is 0 Å². The number of nitrogens with one attached hydrogen (secondary N) is 1. The summed E-state index contributed by atoms with van der Waals surface area (Å²) in [5, 5.41) is 3.71. The van der Waals surface area contributed by atoms with Crippen molar-refractivity contribution in [1.82, 2.24) is 15.2 Å². The predicted molar refractivity (Wildman–Crippen MR) is 69.2 cm³/mol. The molecule has 2 saturated heterocycles. The molecule has 0 spiro atoms. The first kappa shape index (κ1) is 12.3. The number of aromatic nitrogens is 1. The third-order valence-corrected chi connectivity index (χ3v) is 4.16. The third-order valence-electron chi connectivity index (χ3n) is 3.40. The molecule has 1 aromatic rings. The lowest BCUT2D eigenvalue weighted by atomic mass is 9.94. The summed E-state index contributed by atoms with van der Waals surface area (Å²) < 4.78 is 0. The van der Waals surface area contributed by atoms with Gasteiger partial charge in [0, 0.05) is 42.8 Å². The number of fused-ring (bicyclic) bond motifs is 2. The third kappa shape index (κ3) is 2.74. The second kappa shape index (κ2) is 5.45. The molecule has 2 atom stereocenters. The second-order valence-corrected chi connectivity index (χ2v) is 5.62. The average Bonchev–Trinajstić information content (AvgIpc) is 2.70. The maximum atomic E-state index is 4.14. The van der Waals surface area contributed by atoms with E-state index in [0.29, 0.717) is 0 Å². The number of rotatable bonds is 2. The van der Waals surface area contributed by atoms with E-state index in [9.17, 15) is 0 Å². The molecule has 0 amide bonds. The Balaban J connectivity index is 0.000000963. The van der Waals surface area contributed by atoms with Crippen molar-refractivity contribution in [2.45, 2.75) is 37.9 Å². The summed E-state index contributed by atoms with van der Waals surface area (Å²) in [6, 6.07) is 1.48. The molecule has 2 fully saturated rings. The Morgan fingerprint density at radius 3 is 2.75 bits per heavy atom. The molecule has 5 heteroatoms. The summed E-state index contributed by atoms with van der Waals surface area (Å²) in [6.07, 6.45) is 6.13. The first-order valence-corrected chi connectivity index (χ1v) is 6.64. The van der Waals surface area contributed by atoms with Crippen LogP contribution in [0.1, 0.15) is 24.1 Å². The molecule has 3 nitrogen and oxygen atoms in total. The van der Waals surface area contributed by atoms with Crippen molar-refractivity contribution >= 4 is 23.7 Å². The molecular weight excluding hydrogens is 242 g/mol. The van der Waals surface area contributed by atoms with Gasteiger partial charge in [0.2, 0.25) is 0 Å². The van der Waals surface area contributed by atoms with E-state index in [1.807, 2.05) is 11.7 Å². The highest BCUT2D eigenvalue weighted by Crippen LogP contribution is 2.21. The molecule has 90 valence electrons. The lowest BCUT2D eigenvalue weighted by Crippen LogP contribution is -2.58. The predicted octanol–water partition coefficient (Wildman–Crippen LogP) is 1.89. The van der Waals surface area contributed by atoms with Gasteiger partial charge in [-0.25, -0.2) is 0 Å². The molecular formula is C11H18ClN3S. The van der Waals surface area contributed by atoms with Gasteiger partial charge in [0.05, 0.1) is 5.51 Å². The van der Waals surface area contributed by atoms with Crippen LogP contribution in [0.2, 0.25) is 0 Å². The van der Waals surface area contributed by atoms with Crippen LogP contribution in [0, 0.1) is 0 Å². The fourth-order valence-corrected chi connectivity index (χ4v) is 3.40. The van der Waals surface area contributed by atoms with Gasteiger partial charge in [-0.1, -0.05) is 6.42 Å². The fraction of sp³-hybridized carbons (Fsp3) is 0.727. The van der Waals surface area contributed by atoms with Crippen LogP contribution in [0.25, 0.3) is 0 Å². The van der Waals surface area contributed by atoms with Gasteiger partial charge in [0.15, 0.2) is 0 Å². The van der Waals surface area contributed by atoms with Crippen LogP contribution in [-0.4, -0.2) is 35.1 Å². The highest BCUT2D eigenvalue weighted by molar-refractivity contribution is 7.09. The maximum absolute atomic E-state index is 4.14. The summed E-state index contributed by atoms with van der Waals surface area (Å²) in [4.78, 5) is 8.12. The second-order valence-electron chi connectivity index (χ2n) is 4.65. The van der Waals surface area contributed by atoms with Gasteiger partial charge in [-0.15, -0.1) is 23.7 Å².